The van der Waals surface area contributed by atoms with Gasteiger partial charge in [0.15, 0.2) is 0 Å². The Labute approximate surface area is 342 Å². The van der Waals surface area contributed by atoms with Crippen LogP contribution in [0.4, 0.5) is 23.7 Å². The van der Waals surface area contributed by atoms with Gasteiger partial charge in [-0.1, -0.05) is 63.2 Å². The lowest BCUT2D eigenvalue weighted by Gasteiger charge is -2.63. The van der Waals surface area contributed by atoms with Crippen molar-refractivity contribution in [2.45, 2.75) is 127 Å². The van der Waals surface area contributed by atoms with Gasteiger partial charge in [-0.05, 0) is 86.5 Å². The molecule has 2 unspecified atom stereocenters. The van der Waals surface area contributed by atoms with E-state index in [0.29, 0.717) is 56.2 Å². The number of carbonyl (C=O) groups excluding carboxylic acids is 2. The number of aromatic nitrogens is 2. The first-order valence-corrected chi connectivity index (χ1v) is 20.8. The minimum absolute atomic E-state index is 0.00320. The number of hydrogen-bond acceptors (Lipinski definition) is 8. The first-order chi connectivity index (χ1) is 27.8. The average molecular weight is 819 g/mol. The third kappa shape index (κ3) is 7.65. The van der Waals surface area contributed by atoms with Crippen LogP contribution >= 0.6 is 0 Å². The van der Waals surface area contributed by atoms with Gasteiger partial charge >= 0.3 is 19.3 Å². The van der Waals surface area contributed by atoms with Gasteiger partial charge in [0, 0.05) is 32.5 Å². The molecule has 6 aliphatic rings. The van der Waals surface area contributed by atoms with E-state index in [4.69, 9.17) is 9.31 Å². The highest BCUT2D eigenvalue weighted by atomic mass is 19.4. The van der Waals surface area contributed by atoms with Crippen molar-refractivity contribution in [2.24, 2.45) is 17.3 Å². The molecule has 2 bridgehead atoms. The van der Waals surface area contributed by atoms with Crippen LogP contribution in [0.25, 0.3) is 0 Å². The predicted octanol–water partition coefficient (Wildman–Crippen LogP) is 5.98. The van der Waals surface area contributed by atoms with Crippen molar-refractivity contribution in [1.82, 2.24) is 25.1 Å². The molecule has 1 aromatic heterocycles. The second-order valence-electron chi connectivity index (χ2n) is 18.5. The van der Waals surface area contributed by atoms with Crippen molar-refractivity contribution in [3.63, 3.8) is 0 Å². The van der Waals surface area contributed by atoms with E-state index in [-0.39, 0.29) is 36.0 Å². The van der Waals surface area contributed by atoms with Gasteiger partial charge in [-0.25, -0.2) is 9.78 Å². The van der Waals surface area contributed by atoms with Gasteiger partial charge in [0.25, 0.3) is 5.56 Å². The molecule has 7 atom stereocenters. The molecule has 316 valence electrons. The van der Waals surface area contributed by atoms with Crippen LogP contribution in [-0.2, 0) is 38.8 Å². The third-order valence-corrected chi connectivity index (χ3v) is 14.1. The van der Waals surface area contributed by atoms with Crippen molar-refractivity contribution in [3.8, 4) is 0 Å². The smallest absolute Gasteiger partial charge is 0.404 e. The Hall–Kier alpha value is -4.41. The summed E-state index contributed by atoms with van der Waals surface area (Å²) in [5, 5.41) is 20.5. The summed E-state index contributed by atoms with van der Waals surface area (Å²) in [4.78, 5) is 49.0. The van der Waals surface area contributed by atoms with E-state index in [1.54, 1.807) is 11.8 Å². The Morgan fingerprint density at radius 3 is 2.42 bits per heavy atom. The van der Waals surface area contributed by atoms with Crippen LogP contribution in [-0.4, -0.2) is 75.0 Å². The number of hydrogen-bond donors (Lipinski definition) is 4. The zero-order chi connectivity index (χ0) is 42.1. The quantitative estimate of drug-likeness (QED) is 0.183. The van der Waals surface area contributed by atoms with Gasteiger partial charge in [0.1, 0.15) is 17.6 Å². The van der Waals surface area contributed by atoms with Gasteiger partial charge in [0.2, 0.25) is 5.91 Å². The monoisotopic (exact) mass is 818 g/mol. The molecule has 12 nitrogen and oxygen atoms in total. The lowest BCUT2D eigenvalue weighted by Crippen LogP contribution is -2.63. The molecule has 3 aliphatic heterocycles. The standard InChI is InChI=1S/C43H54BF3N6O6/c1-6-33(44-58-34-30-20-29(39(30,2)3)22-41(34,5)59-44)50-35(54)32-23-40(4,51-38(56)52-17-15-42(57,16-18-52)21-26-11-8-7-9-12-26)37-49-25-31(36(55)53(32)37)48-24-27-13-10-14-28(19-27)43(45,46)47/h7-14,19,25,29-30,32-34,48,57H,6,15-18,20-24H2,1-5H3,(H,50,54)(H,51,56)/t29?,30?,32-,33-,34+,40+,41-/m0/s1. The number of nitrogens with zero attached hydrogens (tertiary/aromatic N) is 3. The largest absolute Gasteiger partial charge is 0.481 e. The van der Waals surface area contributed by atoms with Gasteiger partial charge in [-0.3, -0.25) is 14.2 Å². The number of nitrogens with one attached hydrogen (secondary N) is 3. The molecule has 3 saturated carbocycles. The topological polar surface area (TPSA) is 147 Å². The van der Waals surface area contributed by atoms with Gasteiger partial charge in [-0.15, -0.1) is 0 Å². The molecule has 4 N–H and O–H groups in total. The van der Waals surface area contributed by atoms with Crippen molar-refractivity contribution in [3.05, 3.63) is 93.7 Å². The van der Waals surface area contributed by atoms with Gasteiger partial charge in [-0.2, -0.15) is 13.2 Å². The number of amides is 3. The summed E-state index contributed by atoms with van der Waals surface area (Å²) < 4.78 is 54.8. The second-order valence-corrected chi connectivity index (χ2v) is 18.5. The Bertz CT molecular complexity index is 2150. The number of benzene rings is 2. The predicted molar refractivity (Wildman–Crippen MR) is 215 cm³/mol. The summed E-state index contributed by atoms with van der Waals surface area (Å²) in [5.41, 5.74) is -2.68. The summed E-state index contributed by atoms with van der Waals surface area (Å²) >= 11 is 0. The Kier molecular flexibility index (Phi) is 10.5. The van der Waals surface area contributed by atoms with Crippen LogP contribution < -0.4 is 21.5 Å². The number of anilines is 1. The fraction of sp³-hybridized carbons (Fsp3) is 0.581. The molecule has 2 saturated heterocycles. The van der Waals surface area contributed by atoms with Crippen molar-refractivity contribution in [2.75, 3.05) is 18.4 Å². The van der Waals surface area contributed by atoms with E-state index in [1.807, 2.05) is 37.3 Å². The van der Waals surface area contributed by atoms with Gasteiger partial charge in [0.05, 0.1) is 40.5 Å². The molecule has 3 aromatic rings. The second kappa shape index (κ2) is 14.9. The summed E-state index contributed by atoms with van der Waals surface area (Å²) in [5.74, 6) is 0.0364. The summed E-state index contributed by atoms with van der Waals surface area (Å²) in [6, 6.07) is 13.0. The molecule has 59 heavy (non-hydrogen) atoms. The molecule has 16 heteroatoms. The number of rotatable bonds is 10. The van der Waals surface area contributed by atoms with E-state index >= 15 is 0 Å². The number of piperidine rings is 1. The van der Waals surface area contributed by atoms with E-state index in [2.05, 4.69) is 41.7 Å². The third-order valence-electron chi connectivity index (χ3n) is 14.1. The van der Waals surface area contributed by atoms with Crippen molar-refractivity contribution >= 4 is 24.7 Å². The SMILES string of the molecule is CC[C@H](NC(=O)[C@@H]1C[C@@](C)(NC(=O)N2CCC(O)(Cc3ccccc3)CC2)c2ncc(NCc3cccc(C(F)(F)F)c3)c(=O)n21)B1O[C@@H]2C3CC(C[C@]2(C)O1)C3(C)C. The maximum atomic E-state index is 14.5. The lowest BCUT2D eigenvalue weighted by atomic mass is 9.45. The molecule has 9 rings (SSSR count). The number of halogens is 3. The first kappa shape index (κ1) is 41.3. The molecular formula is C43H54BF3N6O6. The summed E-state index contributed by atoms with van der Waals surface area (Å²) in [7, 11) is -0.698. The normalized spacial score (nSPS) is 29.5. The van der Waals surface area contributed by atoms with Crippen LogP contribution in [0.15, 0.2) is 65.6 Å². The molecule has 3 amide bonds. The minimum Gasteiger partial charge on any atom is -0.404 e. The molecule has 2 aromatic carbocycles. The maximum Gasteiger partial charge on any atom is 0.481 e. The fourth-order valence-corrected chi connectivity index (χ4v) is 10.4. The molecule has 5 fully saturated rings. The number of urea groups is 1. The number of aliphatic hydroxyl groups is 1. The van der Waals surface area contributed by atoms with Crippen LogP contribution in [0.2, 0.25) is 0 Å². The Morgan fingerprint density at radius 2 is 1.75 bits per heavy atom. The lowest BCUT2D eigenvalue weighted by molar-refractivity contribution is -0.185. The summed E-state index contributed by atoms with van der Waals surface area (Å²) in [6.45, 7) is 10.8. The average Bonchev–Trinajstić information content (AvgIpc) is 3.71. The number of carbonyl (C=O) groups is 2. The van der Waals surface area contributed by atoms with Gasteiger partial charge < -0.3 is 35.3 Å². The van der Waals surface area contributed by atoms with E-state index in [0.717, 1.165) is 30.5 Å². The van der Waals surface area contributed by atoms with Crippen LogP contribution in [0, 0.1) is 17.3 Å². The highest BCUT2D eigenvalue weighted by Gasteiger charge is 2.67. The van der Waals surface area contributed by atoms with E-state index < -0.39 is 65.1 Å². The molecular weight excluding hydrogens is 764 g/mol. The minimum atomic E-state index is -4.53. The van der Waals surface area contributed by atoms with Crippen molar-refractivity contribution < 1.29 is 37.2 Å². The fourth-order valence-electron chi connectivity index (χ4n) is 10.4. The maximum absolute atomic E-state index is 14.5. The highest BCUT2D eigenvalue weighted by molar-refractivity contribution is 6.47. The summed E-state index contributed by atoms with van der Waals surface area (Å²) in [6.07, 6.45) is 0.304. The first-order valence-electron chi connectivity index (χ1n) is 20.8. The molecule has 4 heterocycles. The molecule has 3 aliphatic carbocycles. The van der Waals surface area contributed by atoms with Crippen LogP contribution in [0.1, 0.15) is 102 Å². The van der Waals surface area contributed by atoms with E-state index in [1.165, 1.54) is 22.9 Å². The molecule has 0 radical (unpaired) electrons. The number of likely N-dealkylation sites (tertiary alicyclic amines) is 1. The number of alkyl halides is 3. The Morgan fingerprint density at radius 1 is 1.03 bits per heavy atom. The zero-order valence-electron chi connectivity index (χ0n) is 34.3. The Balaban J connectivity index is 1.02. The van der Waals surface area contributed by atoms with Crippen LogP contribution in [0.5, 0.6) is 0 Å². The number of fused-ring (bicyclic) bond motifs is 1. The highest BCUT2D eigenvalue weighted by Crippen LogP contribution is 2.64. The van der Waals surface area contributed by atoms with Crippen molar-refractivity contribution in [1.29, 1.82) is 0 Å². The van der Waals surface area contributed by atoms with Crippen LogP contribution in [0.3, 0.4) is 0 Å². The zero-order valence-corrected chi connectivity index (χ0v) is 34.3. The van der Waals surface area contributed by atoms with E-state index in [9.17, 15) is 32.7 Å². The molecule has 0 spiro atoms.